The maximum Gasteiger partial charge on any atom is 0.150 e. The number of rotatable bonds is 1. The molecule has 1 aromatic heterocycles. The highest BCUT2D eigenvalue weighted by Crippen LogP contribution is 2.35. The summed E-state index contributed by atoms with van der Waals surface area (Å²) in [6.07, 6.45) is 4.27. The Balaban J connectivity index is 2.08. The van der Waals surface area contributed by atoms with Crippen LogP contribution in [0.4, 0.5) is 8.78 Å². The predicted molar refractivity (Wildman–Crippen MR) is 79.8 cm³/mol. The van der Waals surface area contributed by atoms with Gasteiger partial charge in [0.05, 0.1) is 11.2 Å². The number of nitrogens with zero attached hydrogens (tertiary/aromatic N) is 1. The molecule has 0 saturated heterocycles. The minimum atomic E-state index is -0.540. The minimum Gasteiger partial charge on any atom is -0.311 e. The highest BCUT2D eigenvalue weighted by Gasteiger charge is 2.21. The fourth-order valence-corrected chi connectivity index (χ4v) is 3.43. The molecular weight excluding hydrogens is 268 g/mol. The van der Waals surface area contributed by atoms with Gasteiger partial charge < -0.3 is 4.57 Å². The van der Waals surface area contributed by atoms with Crippen LogP contribution in [0.3, 0.4) is 0 Å². The van der Waals surface area contributed by atoms with Crippen molar-refractivity contribution in [3.63, 3.8) is 0 Å². The highest BCUT2D eigenvalue weighted by molar-refractivity contribution is 5.87. The van der Waals surface area contributed by atoms with Gasteiger partial charge >= 0.3 is 0 Å². The van der Waals surface area contributed by atoms with Crippen LogP contribution in [0.25, 0.3) is 16.6 Å². The third-order valence-electron chi connectivity index (χ3n) is 4.33. The van der Waals surface area contributed by atoms with E-state index in [0.717, 1.165) is 30.8 Å². The van der Waals surface area contributed by atoms with Gasteiger partial charge in [0.15, 0.2) is 0 Å². The Hall–Kier alpha value is -2.16. The molecule has 0 spiro atoms. The van der Waals surface area contributed by atoms with Gasteiger partial charge in [0.2, 0.25) is 0 Å². The Morgan fingerprint density at radius 3 is 2.57 bits per heavy atom. The molecule has 106 valence electrons. The number of fused-ring (bicyclic) bond motifs is 3. The second-order valence-electron chi connectivity index (χ2n) is 5.58. The van der Waals surface area contributed by atoms with E-state index in [4.69, 9.17) is 0 Å². The molecule has 1 heterocycles. The number of benzene rings is 2. The molecule has 0 saturated carbocycles. The molecule has 0 unspecified atom stereocenters. The van der Waals surface area contributed by atoms with Crippen molar-refractivity contribution >= 4 is 10.9 Å². The third kappa shape index (κ3) is 1.88. The molecule has 0 radical (unpaired) electrons. The van der Waals surface area contributed by atoms with Crippen LogP contribution in [0.1, 0.15) is 24.1 Å². The van der Waals surface area contributed by atoms with E-state index in [0.29, 0.717) is 5.69 Å². The third-order valence-corrected chi connectivity index (χ3v) is 4.33. The molecule has 1 aliphatic rings. The lowest BCUT2D eigenvalue weighted by atomic mass is 9.95. The van der Waals surface area contributed by atoms with Gasteiger partial charge in [-0.1, -0.05) is 18.2 Å². The fraction of sp³-hybridized carbons (Fsp3) is 0.222. The minimum absolute atomic E-state index is 0.441. The van der Waals surface area contributed by atoms with Crippen LogP contribution in [-0.2, 0) is 12.8 Å². The highest BCUT2D eigenvalue weighted by atomic mass is 19.1. The van der Waals surface area contributed by atoms with Crippen molar-refractivity contribution in [1.29, 1.82) is 0 Å². The standard InChI is InChI=1S/C18H15F2N/c19-12-9-10-18(15(20)11-12)21-16-7-3-1-5-13(16)14-6-2-4-8-17(14)21/h1,3,5,7,9-11H,2,4,6,8H2. The lowest BCUT2D eigenvalue weighted by Crippen LogP contribution is -2.08. The van der Waals surface area contributed by atoms with Crippen molar-refractivity contribution in [2.75, 3.05) is 0 Å². The van der Waals surface area contributed by atoms with Crippen LogP contribution in [0.2, 0.25) is 0 Å². The molecule has 0 N–H and O–H groups in total. The van der Waals surface area contributed by atoms with Crippen LogP contribution >= 0.6 is 0 Å². The molecule has 1 aliphatic carbocycles. The second-order valence-corrected chi connectivity index (χ2v) is 5.58. The first-order valence-electron chi connectivity index (χ1n) is 7.32. The van der Waals surface area contributed by atoms with E-state index in [2.05, 4.69) is 6.07 Å². The largest absolute Gasteiger partial charge is 0.311 e. The number of hydrogen-bond acceptors (Lipinski definition) is 0. The van der Waals surface area contributed by atoms with Gasteiger partial charge in [0.1, 0.15) is 11.6 Å². The van der Waals surface area contributed by atoms with Crippen molar-refractivity contribution in [3.05, 3.63) is 65.4 Å². The van der Waals surface area contributed by atoms with Crippen LogP contribution < -0.4 is 0 Å². The Labute approximate surface area is 121 Å². The molecule has 1 nitrogen and oxygen atoms in total. The van der Waals surface area contributed by atoms with Gasteiger partial charge in [-0.3, -0.25) is 0 Å². The van der Waals surface area contributed by atoms with E-state index in [1.807, 2.05) is 22.8 Å². The first-order valence-corrected chi connectivity index (χ1v) is 7.32. The zero-order valence-corrected chi connectivity index (χ0v) is 11.6. The summed E-state index contributed by atoms with van der Waals surface area (Å²) in [5.74, 6) is -1.05. The smallest absolute Gasteiger partial charge is 0.150 e. The number of halogens is 2. The Kier molecular flexibility index (Phi) is 2.81. The van der Waals surface area contributed by atoms with E-state index in [9.17, 15) is 8.78 Å². The zero-order chi connectivity index (χ0) is 14.4. The summed E-state index contributed by atoms with van der Waals surface area (Å²) < 4.78 is 29.4. The summed E-state index contributed by atoms with van der Waals surface area (Å²) in [7, 11) is 0. The van der Waals surface area contributed by atoms with Gasteiger partial charge in [-0.05, 0) is 49.4 Å². The predicted octanol–water partition coefficient (Wildman–Crippen LogP) is 4.79. The van der Waals surface area contributed by atoms with Crippen molar-refractivity contribution in [3.8, 4) is 5.69 Å². The lowest BCUT2D eigenvalue weighted by Gasteiger charge is -2.16. The average molecular weight is 283 g/mol. The Bertz CT molecular complexity index is 833. The molecule has 2 aromatic carbocycles. The molecule has 0 fully saturated rings. The topological polar surface area (TPSA) is 4.93 Å². The monoisotopic (exact) mass is 283 g/mol. The maximum absolute atomic E-state index is 14.3. The summed E-state index contributed by atoms with van der Waals surface area (Å²) >= 11 is 0. The Morgan fingerprint density at radius 1 is 0.905 bits per heavy atom. The molecule has 0 atom stereocenters. The molecule has 21 heavy (non-hydrogen) atoms. The van der Waals surface area contributed by atoms with Crippen LogP contribution in [0, 0.1) is 11.6 Å². The summed E-state index contributed by atoms with van der Waals surface area (Å²) in [5.41, 5.74) is 3.94. The summed E-state index contributed by atoms with van der Waals surface area (Å²) in [6, 6.07) is 11.9. The first-order chi connectivity index (χ1) is 10.3. The number of para-hydroxylation sites is 1. The van der Waals surface area contributed by atoms with Gasteiger partial charge in [0.25, 0.3) is 0 Å². The molecule has 4 rings (SSSR count). The molecule has 0 amide bonds. The van der Waals surface area contributed by atoms with Crippen molar-refractivity contribution in [2.45, 2.75) is 25.7 Å². The van der Waals surface area contributed by atoms with Gasteiger partial charge in [0, 0.05) is 17.1 Å². The fourth-order valence-electron chi connectivity index (χ4n) is 3.43. The van der Waals surface area contributed by atoms with Crippen molar-refractivity contribution in [2.24, 2.45) is 0 Å². The maximum atomic E-state index is 14.3. The van der Waals surface area contributed by atoms with E-state index in [1.165, 1.54) is 35.2 Å². The number of aryl methyl sites for hydroxylation is 1. The van der Waals surface area contributed by atoms with E-state index < -0.39 is 11.6 Å². The SMILES string of the molecule is Fc1ccc(-n2c3c(c4ccccc42)CCCC3)c(F)c1. The molecule has 0 aliphatic heterocycles. The average Bonchev–Trinajstić information content (AvgIpc) is 2.82. The van der Waals surface area contributed by atoms with Gasteiger partial charge in [-0.15, -0.1) is 0 Å². The summed E-state index contributed by atoms with van der Waals surface area (Å²) in [4.78, 5) is 0. The van der Waals surface area contributed by atoms with Gasteiger partial charge in [-0.25, -0.2) is 8.78 Å². The summed E-state index contributed by atoms with van der Waals surface area (Å²) in [5, 5.41) is 1.19. The Morgan fingerprint density at radius 2 is 1.71 bits per heavy atom. The number of aromatic nitrogens is 1. The quantitative estimate of drug-likeness (QED) is 0.605. The normalized spacial score (nSPS) is 14.4. The van der Waals surface area contributed by atoms with Crippen molar-refractivity contribution in [1.82, 2.24) is 4.57 Å². The van der Waals surface area contributed by atoms with Crippen LogP contribution in [0.5, 0.6) is 0 Å². The van der Waals surface area contributed by atoms with E-state index in [-0.39, 0.29) is 0 Å². The summed E-state index contributed by atoms with van der Waals surface area (Å²) in [6.45, 7) is 0. The second kappa shape index (κ2) is 4.69. The van der Waals surface area contributed by atoms with E-state index >= 15 is 0 Å². The molecule has 3 heteroatoms. The first kappa shape index (κ1) is 12.6. The van der Waals surface area contributed by atoms with Crippen LogP contribution in [0.15, 0.2) is 42.5 Å². The van der Waals surface area contributed by atoms with E-state index in [1.54, 1.807) is 0 Å². The van der Waals surface area contributed by atoms with Crippen molar-refractivity contribution < 1.29 is 8.78 Å². The number of hydrogen-bond donors (Lipinski definition) is 0. The molecule has 3 aromatic rings. The van der Waals surface area contributed by atoms with Gasteiger partial charge in [-0.2, -0.15) is 0 Å². The molecule has 0 bridgehead atoms. The molecular formula is C18H15F2N. The van der Waals surface area contributed by atoms with Crippen LogP contribution in [-0.4, -0.2) is 4.57 Å². The lowest BCUT2D eigenvalue weighted by molar-refractivity contribution is 0.575. The zero-order valence-electron chi connectivity index (χ0n) is 11.6.